The van der Waals surface area contributed by atoms with Crippen molar-refractivity contribution in [3.63, 3.8) is 0 Å². The Kier molecular flexibility index (Phi) is 4.58. The van der Waals surface area contributed by atoms with Crippen LogP contribution in [-0.4, -0.2) is 47.3 Å². The highest BCUT2D eigenvalue weighted by Gasteiger charge is 2.21. The monoisotopic (exact) mass is 264 g/mol. The minimum Gasteiger partial charge on any atom is -0.358 e. The molecule has 1 aliphatic heterocycles. The third kappa shape index (κ3) is 3.80. The highest BCUT2D eigenvalue weighted by molar-refractivity contribution is 5.77. The molecule has 1 amide bonds. The number of aromatic nitrogens is 2. The van der Waals surface area contributed by atoms with Gasteiger partial charge >= 0.3 is 0 Å². The number of carbonyl (C=O) groups is 1. The number of amides is 1. The van der Waals surface area contributed by atoms with Crippen molar-refractivity contribution in [1.29, 1.82) is 0 Å². The van der Waals surface area contributed by atoms with E-state index in [-0.39, 0.29) is 5.91 Å². The van der Waals surface area contributed by atoms with Gasteiger partial charge < -0.3 is 5.32 Å². The first-order valence-corrected chi connectivity index (χ1v) is 7.02. The standard InChI is InChI=1S/C14H24N4O/c1-11-8-12(2)18(16-11)9-13-4-6-17(7-5-13)10-14(19)15-3/h8,13H,4-7,9-10H2,1-3H3,(H,15,19). The molecule has 1 aromatic heterocycles. The lowest BCUT2D eigenvalue weighted by atomic mass is 9.97. The molecule has 0 bridgehead atoms. The maximum absolute atomic E-state index is 11.3. The number of nitrogens with one attached hydrogen (secondary N) is 1. The molecule has 1 aromatic rings. The molecule has 0 saturated carbocycles. The highest BCUT2D eigenvalue weighted by Crippen LogP contribution is 2.19. The van der Waals surface area contributed by atoms with Crippen LogP contribution in [0.5, 0.6) is 0 Å². The van der Waals surface area contributed by atoms with Gasteiger partial charge in [-0.2, -0.15) is 5.10 Å². The molecule has 0 unspecified atom stereocenters. The van der Waals surface area contributed by atoms with Gasteiger partial charge in [-0.1, -0.05) is 0 Å². The maximum atomic E-state index is 11.3. The Morgan fingerprint density at radius 1 is 1.42 bits per heavy atom. The second-order valence-electron chi connectivity index (χ2n) is 5.50. The van der Waals surface area contributed by atoms with E-state index in [1.54, 1.807) is 7.05 Å². The molecule has 1 N–H and O–H groups in total. The zero-order valence-corrected chi connectivity index (χ0v) is 12.1. The van der Waals surface area contributed by atoms with Crippen molar-refractivity contribution in [3.05, 3.63) is 17.5 Å². The van der Waals surface area contributed by atoms with Gasteiger partial charge in [-0.15, -0.1) is 0 Å². The number of rotatable bonds is 4. The molecule has 2 rings (SSSR count). The summed E-state index contributed by atoms with van der Waals surface area (Å²) in [6.45, 7) is 7.71. The number of nitrogens with zero attached hydrogens (tertiary/aromatic N) is 3. The van der Waals surface area contributed by atoms with E-state index < -0.39 is 0 Å². The van der Waals surface area contributed by atoms with E-state index >= 15 is 0 Å². The molecule has 0 aromatic carbocycles. The summed E-state index contributed by atoms with van der Waals surface area (Å²) in [5.74, 6) is 0.788. The molecular formula is C14H24N4O. The van der Waals surface area contributed by atoms with Crippen molar-refractivity contribution >= 4 is 5.91 Å². The second-order valence-corrected chi connectivity index (χ2v) is 5.50. The van der Waals surface area contributed by atoms with E-state index in [2.05, 4.69) is 33.0 Å². The van der Waals surface area contributed by atoms with Crippen LogP contribution in [0.1, 0.15) is 24.2 Å². The lowest BCUT2D eigenvalue weighted by Gasteiger charge is -2.31. The summed E-state index contributed by atoms with van der Waals surface area (Å²) in [5.41, 5.74) is 2.33. The first-order chi connectivity index (χ1) is 9.08. The van der Waals surface area contributed by atoms with E-state index in [9.17, 15) is 4.79 Å². The molecular weight excluding hydrogens is 240 g/mol. The Hall–Kier alpha value is -1.36. The molecule has 19 heavy (non-hydrogen) atoms. The molecule has 0 spiro atoms. The maximum Gasteiger partial charge on any atom is 0.233 e. The molecule has 0 atom stereocenters. The Labute approximate surface area is 115 Å². The van der Waals surface area contributed by atoms with Gasteiger partial charge in [-0.05, 0) is 51.8 Å². The minimum atomic E-state index is 0.108. The van der Waals surface area contributed by atoms with Crippen LogP contribution >= 0.6 is 0 Å². The third-order valence-corrected chi connectivity index (χ3v) is 3.89. The average molecular weight is 264 g/mol. The fraction of sp³-hybridized carbons (Fsp3) is 0.714. The van der Waals surface area contributed by atoms with Gasteiger partial charge in [-0.3, -0.25) is 14.4 Å². The molecule has 106 valence electrons. The van der Waals surface area contributed by atoms with Crippen molar-refractivity contribution in [2.75, 3.05) is 26.7 Å². The summed E-state index contributed by atoms with van der Waals surface area (Å²) in [5, 5.41) is 7.20. The van der Waals surface area contributed by atoms with Gasteiger partial charge in [0.1, 0.15) is 0 Å². The lowest BCUT2D eigenvalue weighted by molar-refractivity contribution is -0.122. The predicted octanol–water partition coefficient (Wildman–Crippen LogP) is 0.958. The van der Waals surface area contributed by atoms with Crippen LogP contribution < -0.4 is 5.32 Å². The number of hydrogen-bond donors (Lipinski definition) is 1. The topological polar surface area (TPSA) is 50.2 Å². The van der Waals surface area contributed by atoms with Gasteiger partial charge in [0.2, 0.25) is 5.91 Å². The van der Waals surface area contributed by atoms with Crippen LogP contribution in [0.25, 0.3) is 0 Å². The summed E-state index contributed by atoms with van der Waals surface area (Å²) < 4.78 is 2.12. The van der Waals surface area contributed by atoms with E-state index in [1.807, 2.05) is 6.92 Å². The number of likely N-dealkylation sites (N-methyl/N-ethyl adjacent to an activating group) is 1. The van der Waals surface area contributed by atoms with Crippen molar-refractivity contribution in [1.82, 2.24) is 20.0 Å². The minimum absolute atomic E-state index is 0.108. The molecule has 0 radical (unpaired) electrons. The Morgan fingerprint density at radius 3 is 2.63 bits per heavy atom. The van der Waals surface area contributed by atoms with Crippen LogP contribution in [0.4, 0.5) is 0 Å². The molecule has 1 saturated heterocycles. The van der Waals surface area contributed by atoms with Crippen LogP contribution in [0.2, 0.25) is 0 Å². The predicted molar refractivity (Wildman–Crippen MR) is 74.9 cm³/mol. The molecule has 0 aliphatic carbocycles. The van der Waals surface area contributed by atoms with E-state index in [0.29, 0.717) is 12.5 Å². The van der Waals surface area contributed by atoms with Crippen LogP contribution in [0.15, 0.2) is 6.07 Å². The first kappa shape index (κ1) is 14.1. The van der Waals surface area contributed by atoms with Gasteiger partial charge in [0.05, 0.1) is 12.2 Å². The van der Waals surface area contributed by atoms with E-state index in [0.717, 1.165) is 38.2 Å². The highest BCUT2D eigenvalue weighted by atomic mass is 16.1. The lowest BCUT2D eigenvalue weighted by Crippen LogP contribution is -2.41. The normalized spacial score (nSPS) is 17.6. The average Bonchev–Trinajstić information content (AvgIpc) is 2.70. The summed E-state index contributed by atoms with van der Waals surface area (Å²) >= 11 is 0. The third-order valence-electron chi connectivity index (χ3n) is 3.89. The summed E-state index contributed by atoms with van der Waals surface area (Å²) in [7, 11) is 1.69. The number of aryl methyl sites for hydroxylation is 2. The number of likely N-dealkylation sites (tertiary alicyclic amines) is 1. The number of hydrogen-bond acceptors (Lipinski definition) is 3. The molecule has 1 aliphatic rings. The smallest absolute Gasteiger partial charge is 0.233 e. The van der Waals surface area contributed by atoms with Crippen molar-refractivity contribution in [2.24, 2.45) is 5.92 Å². The van der Waals surface area contributed by atoms with Crippen molar-refractivity contribution < 1.29 is 4.79 Å². The van der Waals surface area contributed by atoms with Crippen LogP contribution in [0, 0.1) is 19.8 Å². The molecule has 1 fully saturated rings. The molecule has 2 heterocycles. The summed E-state index contributed by atoms with van der Waals surface area (Å²) in [6, 6.07) is 2.13. The first-order valence-electron chi connectivity index (χ1n) is 7.02. The van der Waals surface area contributed by atoms with Gasteiger partial charge in [0, 0.05) is 19.3 Å². The fourth-order valence-corrected chi connectivity index (χ4v) is 2.71. The Balaban J connectivity index is 1.80. The Bertz CT molecular complexity index is 433. The second kappa shape index (κ2) is 6.19. The quantitative estimate of drug-likeness (QED) is 0.881. The zero-order valence-electron chi connectivity index (χ0n) is 12.1. The molecule has 5 heteroatoms. The van der Waals surface area contributed by atoms with Crippen LogP contribution in [0.3, 0.4) is 0 Å². The van der Waals surface area contributed by atoms with Crippen LogP contribution in [-0.2, 0) is 11.3 Å². The largest absolute Gasteiger partial charge is 0.358 e. The fourth-order valence-electron chi connectivity index (χ4n) is 2.71. The summed E-state index contributed by atoms with van der Waals surface area (Å²) in [4.78, 5) is 13.6. The van der Waals surface area contributed by atoms with E-state index in [1.165, 1.54) is 5.69 Å². The number of piperidine rings is 1. The van der Waals surface area contributed by atoms with Gasteiger partial charge in [0.25, 0.3) is 0 Å². The van der Waals surface area contributed by atoms with Gasteiger partial charge in [0.15, 0.2) is 0 Å². The van der Waals surface area contributed by atoms with Crippen molar-refractivity contribution in [2.45, 2.75) is 33.2 Å². The van der Waals surface area contributed by atoms with Crippen molar-refractivity contribution in [3.8, 4) is 0 Å². The Morgan fingerprint density at radius 2 is 2.11 bits per heavy atom. The van der Waals surface area contributed by atoms with Gasteiger partial charge in [-0.25, -0.2) is 0 Å². The number of carbonyl (C=O) groups excluding carboxylic acids is 1. The van der Waals surface area contributed by atoms with E-state index in [4.69, 9.17) is 0 Å². The zero-order chi connectivity index (χ0) is 13.8. The molecule has 5 nitrogen and oxygen atoms in total. The SMILES string of the molecule is CNC(=O)CN1CCC(Cn2nc(C)cc2C)CC1. The summed E-state index contributed by atoms with van der Waals surface area (Å²) in [6.07, 6.45) is 2.30.